The lowest BCUT2D eigenvalue weighted by molar-refractivity contribution is 0.0782. The fourth-order valence-corrected chi connectivity index (χ4v) is 3.33. The van der Waals surface area contributed by atoms with Crippen molar-refractivity contribution in [3.05, 3.63) is 83.9 Å². The molecule has 156 valence electrons. The van der Waals surface area contributed by atoms with Crippen molar-refractivity contribution in [3.63, 3.8) is 0 Å². The summed E-state index contributed by atoms with van der Waals surface area (Å²) in [6.45, 7) is 0.344. The number of hydrogen-bond acceptors (Lipinski definition) is 6. The molecule has 4 rings (SSSR count). The summed E-state index contributed by atoms with van der Waals surface area (Å²) in [6, 6.07) is 20.4. The third-order valence-corrected chi connectivity index (χ3v) is 4.85. The average molecular weight is 416 g/mol. The topological polar surface area (TPSA) is 112 Å². The number of amides is 1. The Morgan fingerprint density at radius 1 is 0.903 bits per heavy atom. The van der Waals surface area contributed by atoms with E-state index in [2.05, 4.69) is 10.2 Å². The van der Waals surface area contributed by atoms with Gasteiger partial charge in [-0.15, -0.1) is 5.10 Å². The molecule has 3 aromatic carbocycles. The molecule has 0 fully saturated rings. The summed E-state index contributed by atoms with van der Waals surface area (Å²) in [5.41, 5.74) is 1.64. The molecule has 4 aromatic rings. The van der Waals surface area contributed by atoms with E-state index < -0.39 is 5.91 Å². The number of phenols is 2. The molecule has 1 heterocycles. The smallest absolute Gasteiger partial charge is 0.319 e. The van der Waals surface area contributed by atoms with E-state index in [9.17, 15) is 20.1 Å². The number of rotatable bonds is 5. The Bertz CT molecular complexity index is 1220. The second-order valence-electron chi connectivity index (χ2n) is 7.03. The number of aromatic nitrogens is 3. The van der Waals surface area contributed by atoms with Crippen LogP contribution in [0.3, 0.4) is 0 Å². The van der Waals surface area contributed by atoms with E-state index in [0.29, 0.717) is 12.2 Å². The van der Waals surface area contributed by atoms with Gasteiger partial charge in [-0.3, -0.25) is 4.79 Å². The Balaban J connectivity index is 1.74. The van der Waals surface area contributed by atoms with E-state index in [1.165, 1.54) is 15.5 Å². The van der Waals surface area contributed by atoms with Gasteiger partial charge in [-0.2, -0.15) is 0 Å². The normalized spacial score (nSPS) is 10.7. The lowest BCUT2D eigenvalue weighted by Gasteiger charge is -2.19. The van der Waals surface area contributed by atoms with Crippen LogP contribution < -0.4 is 0 Å². The van der Waals surface area contributed by atoms with Gasteiger partial charge in [-0.1, -0.05) is 53.6 Å². The van der Waals surface area contributed by atoms with E-state index in [0.717, 1.165) is 11.6 Å². The zero-order chi connectivity index (χ0) is 22.0. The van der Waals surface area contributed by atoms with Gasteiger partial charge in [0.15, 0.2) is 5.82 Å². The van der Waals surface area contributed by atoms with Crippen molar-refractivity contribution in [1.29, 1.82) is 0 Å². The number of benzene rings is 3. The summed E-state index contributed by atoms with van der Waals surface area (Å²) < 4.78 is 1.34. The predicted molar refractivity (Wildman–Crippen MR) is 114 cm³/mol. The molecule has 0 spiro atoms. The molecule has 3 N–H and O–H groups in total. The quantitative estimate of drug-likeness (QED) is 0.460. The molecule has 0 atom stereocenters. The van der Waals surface area contributed by atoms with Crippen molar-refractivity contribution >= 4 is 5.91 Å². The molecular formula is C23H20N4O4. The third-order valence-electron chi connectivity index (χ3n) is 4.85. The number of hydrogen-bond donors (Lipinski definition) is 3. The van der Waals surface area contributed by atoms with Gasteiger partial charge in [-0.05, 0) is 23.8 Å². The molecule has 1 aromatic heterocycles. The third kappa shape index (κ3) is 3.91. The molecule has 0 saturated heterocycles. The fraction of sp³-hybridized carbons (Fsp3) is 0.0870. The number of nitrogens with zero attached hydrogens (tertiary/aromatic N) is 4. The first-order valence-electron chi connectivity index (χ1n) is 9.51. The van der Waals surface area contributed by atoms with Crippen LogP contribution in [0.4, 0.5) is 0 Å². The summed E-state index contributed by atoms with van der Waals surface area (Å²) in [7, 11) is 1.62. The molecule has 1 amide bonds. The number of aromatic hydroxyl groups is 3. The van der Waals surface area contributed by atoms with Crippen LogP contribution in [0.25, 0.3) is 17.1 Å². The SMILES string of the molecule is CN(Cc1ccccc1)C(=O)c1cc(-c2nnc(O)n2-c2ccccc2)c(O)cc1O. The standard InChI is InChI=1S/C23H20N4O4/c1-26(14-15-8-4-2-5-9-15)22(30)18-12-17(19(28)13-20(18)29)21-24-25-23(31)27(21)16-10-6-3-7-11-16/h2-13,28-29H,14H2,1H3,(H,25,31). The lowest BCUT2D eigenvalue weighted by atomic mass is 10.1. The van der Waals surface area contributed by atoms with Gasteiger partial charge in [0, 0.05) is 19.7 Å². The highest BCUT2D eigenvalue weighted by Gasteiger charge is 2.23. The number of phenolic OH excluding ortho intramolecular Hbond substituents is 2. The first-order valence-corrected chi connectivity index (χ1v) is 9.51. The summed E-state index contributed by atoms with van der Waals surface area (Å²) in [5.74, 6) is -0.968. The van der Waals surface area contributed by atoms with Crippen molar-refractivity contribution in [2.45, 2.75) is 6.54 Å². The Morgan fingerprint density at radius 2 is 1.55 bits per heavy atom. The molecule has 0 aliphatic carbocycles. The van der Waals surface area contributed by atoms with Crippen LogP contribution >= 0.6 is 0 Å². The van der Waals surface area contributed by atoms with Gasteiger partial charge >= 0.3 is 6.01 Å². The molecule has 0 bridgehead atoms. The Labute approximate surface area is 178 Å². The molecule has 0 unspecified atom stereocenters. The van der Waals surface area contributed by atoms with Gasteiger partial charge in [0.2, 0.25) is 0 Å². The van der Waals surface area contributed by atoms with Crippen LogP contribution in [0.1, 0.15) is 15.9 Å². The van der Waals surface area contributed by atoms with Crippen LogP contribution in [0, 0.1) is 0 Å². The maximum Gasteiger partial charge on any atom is 0.319 e. The zero-order valence-electron chi connectivity index (χ0n) is 16.7. The van der Waals surface area contributed by atoms with Crippen molar-refractivity contribution in [2.75, 3.05) is 7.05 Å². The monoisotopic (exact) mass is 416 g/mol. The van der Waals surface area contributed by atoms with Crippen LogP contribution in [0.5, 0.6) is 17.5 Å². The van der Waals surface area contributed by atoms with Crippen molar-refractivity contribution in [2.24, 2.45) is 0 Å². The van der Waals surface area contributed by atoms with Crippen LogP contribution in [-0.4, -0.2) is 47.9 Å². The minimum Gasteiger partial charge on any atom is -0.507 e. The van der Waals surface area contributed by atoms with Gasteiger partial charge in [0.05, 0.1) is 16.8 Å². The largest absolute Gasteiger partial charge is 0.507 e. The minimum absolute atomic E-state index is 0.00617. The minimum atomic E-state index is -0.433. The fourth-order valence-electron chi connectivity index (χ4n) is 3.33. The first kappa shape index (κ1) is 20.0. The summed E-state index contributed by atoms with van der Waals surface area (Å²) in [5, 5.41) is 38.7. The predicted octanol–water partition coefficient (Wildman–Crippen LogP) is 3.32. The Morgan fingerprint density at radius 3 is 2.23 bits per heavy atom. The highest BCUT2D eigenvalue weighted by atomic mass is 16.3. The summed E-state index contributed by atoms with van der Waals surface area (Å²) >= 11 is 0. The van der Waals surface area contributed by atoms with E-state index in [1.54, 1.807) is 31.3 Å². The van der Waals surface area contributed by atoms with E-state index in [-0.39, 0.29) is 34.5 Å². The van der Waals surface area contributed by atoms with E-state index in [4.69, 9.17) is 0 Å². The van der Waals surface area contributed by atoms with E-state index in [1.807, 2.05) is 36.4 Å². The highest BCUT2D eigenvalue weighted by molar-refractivity contribution is 5.98. The molecule has 31 heavy (non-hydrogen) atoms. The molecule has 0 aliphatic heterocycles. The molecule has 0 aliphatic rings. The summed E-state index contributed by atoms with van der Waals surface area (Å²) in [4.78, 5) is 14.5. The molecule has 8 nitrogen and oxygen atoms in total. The molecule has 0 radical (unpaired) electrons. The second kappa shape index (κ2) is 8.19. The number of carbonyl (C=O) groups is 1. The van der Waals surface area contributed by atoms with E-state index >= 15 is 0 Å². The van der Waals surface area contributed by atoms with Crippen molar-refractivity contribution in [1.82, 2.24) is 19.7 Å². The van der Waals surface area contributed by atoms with Crippen molar-refractivity contribution in [3.8, 4) is 34.6 Å². The highest BCUT2D eigenvalue weighted by Crippen LogP contribution is 2.36. The molecule has 8 heteroatoms. The van der Waals surface area contributed by atoms with Crippen LogP contribution in [0.2, 0.25) is 0 Å². The van der Waals surface area contributed by atoms with Crippen LogP contribution in [-0.2, 0) is 6.54 Å². The second-order valence-corrected chi connectivity index (χ2v) is 7.03. The van der Waals surface area contributed by atoms with Crippen LogP contribution in [0.15, 0.2) is 72.8 Å². The lowest BCUT2D eigenvalue weighted by Crippen LogP contribution is -2.26. The van der Waals surface area contributed by atoms with Gasteiger partial charge in [0.25, 0.3) is 5.91 Å². The number of carbonyl (C=O) groups excluding carboxylic acids is 1. The first-order chi connectivity index (χ1) is 15.0. The van der Waals surface area contributed by atoms with Gasteiger partial charge in [0.1, 0.15) is 11.5 Å². The maximum atomic E-state index is 13.0. The van der Waals surface area contributed by atoms with Gasteiger partial charge in [-0.25, -0.2) is 4.57 Å². The maximum absolute atomic E-state index is 13.0. The molecule has 0 saturated carbocycles. The molecular weight excluding hydrogens is 396 g/mol. The summed E-state index contributed by atoms with van der Waals surface area (Å²) in [6.07, 6.45) is 0. The van der Waals surface area contributed by atoms with Gasteiger partial charge < -0.3 is 20.2 Å². The zero-order valence-corrected chi connectivity index (χ0v) is 16.7. The number of para-hydroxylation sites is 1. The van der Waals surface area contributed by atoms with Crippen molar-refractivity contribution < 1.29 is 20.1 Å². The average Bonchev–Trinajstić information content (AvgIpc) is 3.15. The Kier molecular flexibility index (Phi) is 5.28. The Hall–Kier alpha value is -4.33.